The van der Waals surface area contributed by atoms with Crippen LogP contribution in [0.15, 0.2) is 5.38 Å². The average Bonchev–Trinajstić information content (AvgIpc) is 2.68. The fourth-order valence-electron chi connectivity index (χ4n) is 1.80. The van der Waals surface area contributed by atoms with Crippen molar-refractivity contribution in [2.75, 3.05) is 18.0 Å². The summed E-state index contributed by atoms with van der Waals surface area (Å²) >= 11 is 1.66. The van der Waals surface area contributed by atoms with Crippen molar-refractivity contribution in [3.05, 3.63) is 11.1 Å². The number of hydrogen-bond acceptors (Lipinski definition) is 4. The van der Waals surface area contributed by atoms with Crippen molar-refractivity contribution in [2.45, 2.75) is 26.2 Å². The average molecular weight is 221 g/mol. The van der Waals surface area contributed by atoms with E-state index >= 15 is 0 Å². The van der Waals surface area contributed by atoms with Gasteiger partial charge in [-0.1, -0.05) is 6.92 Å². The Bertz CT molecular complexity index is 358. The number of rotatable bonds is 2. The molecule has 0 aliphatic carbocycles. The number of aromatic nitrogens is 1. The van der Waals surface area contributed by atoms with E-state index in [4.69, 9.17) is 5.26 Å². The zero-order chi connectivity index (χ0) is 10.7. The predicted molar refractivity (Wildman–Crippen MR) is 62.0 cm³/mol. The minimum atomic E-state index is 0.431. The number of anilines is 1. The molecule has 2 rings (SSSR count). The number of thiazole rings is 1. The van der Waals surface area contributed by atoms with Crippen LogP contribution in [-0.4, -0.2) is 18.1 Å². The number of piperidine rings is 1. The molecule has 80 valence electrons. The number of nitriles is 1. The Hall–Kier alpha value is -1.08. The fourth-order valence-corrected chi connectivity index (χ4v) is 2.68. The summed E-state index contributed by atoms with van der Waals surface area (Å²) < 4.78 is 0. The monoisotopic (exact) mass is 221 g/mol. The van der Waals surface area contributed by atoms with Gasteiger partial charge in [0.05, 0.1) is 18.2 Å². The van der Waals surface area contributed by atoms with Gasteiger partial charge in [0.1, 0.15) is 0 Å². The number of hydrogen-bond donors (Lipinski definition) is 0. The van der Waals surface area contributed by atoms with E-state index in [1.165, 1.54) is 12.8 Å². The third-order valence-electron chi connectivity index (χ3n) is 2.85. The molecular weight excluding hydrogens is 206 g/mol. The Kier molecular flexibility index (Phi) is 3.22. The predicted octanol–water partition coefficient (Wildman–Crippen LogP) is 2.45. The molecule has 1 aliphatic rings. The lowest BCUT2D eigenvalue weighted by Crippen LogP contribution is -2.32. The third-order valence-corrected chi connectivity index (χ3v) is 3.80. The van der Waals surface area contributed by atoms with Crippen molar-refractivity contribution in [3.63, 3.8) is 0 Å². The van der Waals surface area contributed by atoms with Crippen LogP contribution in [0.5, 0.6) is 0 Å². The van der Waals surface area contributed by atoms with Crippen molar-refractivity contribution < 1.29 is 0 Å². The van der Waals surface area contributed by atoms with Crippen LogP contribution in [0.1, 0.15) is 25.5 Å². The topological polar surface area (TPSA) is 39.9 Å². The first-order valence-electron chi connectivity index (χ1n) is 5.36. The second kappa shape index (κ2) is 4.63. The van der Waals surface area contributed by atoms with E-state index in [0.29, 0.717) is 6.42 Å². The van der Waals surface area contributed by atoms with Gasteiger partial charge in [-0.3, -0.25) is 0 Å². The van der Waals surface area contributed by atoms with E-state index in [1.807, 2.05) is 5.38 Å². The van der Waals surface area contributed by atoms with Gasteiger partial charge in [-0.15, -0.1) is 11.3 Å². The van der Waals surface area contributed by atoms with Crippen LogP contribution >= 0.6 is 11.3 Å². The van der Waals surface area contributed by atoms with Crippen molar-refractivity contribution in [1.29, 1.82) is 5.26 Å². The third kappa shape index (κ3) is 2.48. The summed E-state index contributed by atoms with van der Waals surface area (Å²) in [6.45, 7) is 4.53. The summed E-state index contributed by atoms with van der Waals surface area (Å²) in [4.78, 5) is 6.81. The molecule has 3 nitrogen and oxygen atoms in total. The molecule has 0 bridgehead atoms. The molecule has 1 aromatic heterocycles. The highest BCUT2D eigenvalue weighted by molar-refractivity contribution is 7.13. The summed E-state index contributed by atoms with van der Waals surface area (Å²) in [5.41, 5.74) is 0.913. The van der Waals surface area contributed by atoms with Gasteiger partial charge in [0.25, 0.3) is 0 Å². The molecule has 0 aromatic carbocycles. The highest BCUT2D eigenvalue weighted by Crippen LogP contribution is 2.25. The van der Waals surface area contributed by atoms with Crippen LogP contribution in [0, 0.1) is 17.2 Å². The van der Waals surface area contributed by atoms with Crippen LogP contribution < -0.4 is 4.90 Å². The molecule has 0 radical (unpaired) electrons. The lowest BCUT2D eigenvalue weighted by atomic mass is 10.00. The second-order valence-electron chi connectivity index (χ2n) is 4.13. The Labute approximate surface area is 94.4 Å². The lowest BCUT2D eigenvalue weighted by molar-refractivity contribution is 0.438. The minimum Gasteiger partial charge on any atom is -0.348 e. The van der Waals surface area contributed by atoms with Crippen molar-refractivity contribution >= 4 is 16.5 Å². The first-order valence-corrected chi connectivity index (χ1v) is 6.24. The van der Waals surface area contributed by atoms with Gasteiger partial charge in [0.15, 0.2) is 5.13 Å². The maximum absolute atomic E-state index is 8.58. The molecule has 1 aromatic rings. The highest BCUT2D eigenvalue weighted by atomic mass is 32.1. The molecule has 2 heterocycles. The van der Waals surface area contributed by atoms with Gasteiger partial charge in [0.2, 0.25) is 0 Å². The summed E-state index contributed by atoms with van der Waals surface area (Å²) in [7, 11) is 0. The van der Waals surface area contributed by atoms with Crippen LogP contribution in [0.2, 0.25) is 0 Å². The first kappa shape index (κ1) is 10.4. The molecule has 0 N–H and O–H groups in total. The SMILES string of the molecule is CC1CCN(c2nc(CC#N)cs2)CC1. The van der Waals surface area contributed by atoms with Crippen molar-refractivity contribution in [2.24, 2.45) is 5.92 Å². The summed E-state index contributed by atoms with van der Waals surface area (Å²) in [6.07, 6.45) is 2.95. The van der Waals surface area contributed by atoms with Crippen LogP contribution in [-0.2, 0) is 6.42 Å². The van der Waals surface area contributed by atoms with E-state index in [1.54, 1.807) is 11.3 Å². The number of nitrogens with zero attached hydrogens (tertiary/aromatic N) is 3. The van der Waals surface area contributed by atoms with Gasteiger partial charge >= 0.3 is 0 Å². The van der Waals surface area contributed by atoms with Crippen LogP contribution in [0.3, 0.4) is 0 Å². The smallest absolute Gasteiger partial charge is 0.185 e. The quantitative estimate of drug-likeness (QED) is 0.770. The Morgan fingerprint density at radius 3 is 3.00 bits per heavy atom. The molecule has 0 amide bonds. The maximum atomic E-state index is 8.58. The highest BCUT2D eigenvalue weighted by Gasteiger charge is 2.18. The largest absolute Gasteiger partial charge is 0.348 e. The summed E-state index contributed by atoms with van der Waals surface area (Å²) in [5, 5.41) is 11.7. The maximum Gasteiger partial charge on any atom is 0.185 e. The zero-order valence-corrected chi connectivity index (χ0v) is 9.76. The molecular formula is C11H15N3S. The summed E-state index contributed by atoms with van der Waals surface area (Å²) in [6, 6.07) is 2.13. The van der Waals surface area contributed by atoms with Crippen LogP contribution in [0.4, 0.5) is 5.13 Å². The Balaban J connectivity index is 2.00. The molecule has 0 spiro atoms. The lowest BCUT2D eigenvalue weighted by Gasteiger charge is -2.29. The molecule has 4 heteroatoms. The molecule has 1 saturated heterocycles. The molecule has 0 atom stereocenters. The molecule has 0 saturated carbocycles. The van der Waals surface area contributed by atoms with Crippen molar-refractivity contribution in [1.82, 2.24) is 4.98 Å². The van der Waals surface area contributed by atoms with Gasteiger partial charge in [-0.25, -0.2) is 4.98 Å². The fraction of sp³-hybridized carbons (Fsp3) is 0.636. The van der Waals surface area contributed by atoms with Crippen molar-refractivity contribution in [3.8, 4) is 6.07 Å². The van der Waals surface area contributed by atoms with Gasteiger partial charge in [-0.05, 0) is 18.8 Å². The molecule has 0 unspecified atom stereocenters. The standard InChI is InChI=1S/C11H15N3S/c1-9-3-6-14(7-4-9)11-13-10(2-5-12)8-15-11/h8-9H,2-4,6-7H2,1H3. The van der Waals surface area contributed by atoms with E-state index < -0.39 is 0 Å². The van der Waals surface area contributed by atoms with E-state index in [9.17, 15) is 0 Å². The van der Waals surface area contributed by atoms with Gasteiger partial charge in [0, 0.05) is 18.5 Å². The molecule has 15 heavy (non-hydrogen) atoms. The van der Waals surface area contributed by atoms with E-state index in [0.717, 1.165) is 29.8 Å². The van der Waals surface area contributed by atoms with Gasteiger partial charge in [-0.2, -0.15) is 5.26 Å². The normalized spacial score (nSPS) is 17.7. The molecule has 1 fully saturated rings. The second-order valence-corrected chi connectivity index (χ2v) is 4.96. The molecule has 1 aliphatic heterocycles. The Morgan fingerprint density at radius 2 is 2.33 bits per heavy atom. The van der Waals surface area contributed by atoms with E-state index in [2.05, 4.69) is 22.9 Å². The minimum absolute atomic E-state index is 0.431. The zero-order valence-electron chi connectivity index (χ0n) is 8.94. The van der Waals surface area contributed by atoms with Gasteiger partial charge < -0.3 is 4.90 Å². The summed E-state index contributed by atoms with van der Waals surface area (Å²) in [5.74, 6) is 0.847. The van der Waals surface area contributed by atoms with E-state index in [-0.39, 0.29) is 0 Å². The first-order chi connectivity index (χ1) is 7.29. The Morgan fingerprint density at radius 1 is 1.60 bits per heavy atom. The van der Waals surface area contributed by atoms with Crippen LogP contribution in [0.25, 0.3) is 0 Å².